The first-order valence-electron chi connectivity index (χ1n) is 4.77. The van der Waals surface area contributed by atoms with Crippen LogP contribution in [0.3, 0.4) is 0 Å². The second-order valence-corrected chi connectivity index (χ2v) is 3.98. The van der Waals surface area contributed by atoms with Crippen LogP contribution in [0.4, 0.5) is 5.82 Å². The molecule has 1 aromatic rings. The van der Waals surface area contributed by atoms with E-state index in [1.54, 1.807) is 0 Å². The van der Waals surface area contributed by atoms with Gasteiger partial charge < -0.3 is 15.4 Å². The van der Waals surface area contributed by atoms with Crippen LogP contribution in [0.15, 0.2) is 6.20 Å². The maximum atomic E-state index is 10.5. The Morgan fingerprint density at radius 1 is 1.80 bits per heavy atom. The molecule has 2 heterocycles. The lowest BCUT2D eigenvalue weighted by molar-refractivity contribution is -0.389. The van der Waals surface area contributed by atoms with Crippen LogP contribution in [0.5, 0.6) is 0 Å². The third kappa shape index (κ3) is 2.27. The largest absolute Gasteiger partial charge is 0.408 e. The summed E-state index contributed by atoms with van der Waals surface area (Å²) >= 11 is 5.68. The minimum Gasteiger partial charge on any atom is -0.358 e. The quantitative estimate of drug-likeness (QED) is 0.626. The van der Waals surface area contributed by atoms with Crippen LogP contribution in [0.25, 0.3) is 0 Å². The van der Waals surface area contributed by atoms with Crippen molar-refractivity contribution in [2.24, 2.45) is 0 Å². The number of nitrogens with one attached hydrogen (secondary N) is 1. The molecule has 1 aliphatic rings. The molecule has 7 heteroatoms. The molecule has 0 unspecified atom stereocenters. The van der Waals surface area contributed by atoms with Gasteiger partial charge in [0.1, 0.15) is 0 Å². The van der Waals surface area contributed by atoms with Crippen molar-refractivity contribution in [1.29, 1.82) is 0 Å². The van der Waals surface area contributed by atoms with E-state index in [1.807, 2.05) is 0 Å². The molecular formula is C8H11ClN4O2. The summed E-state index contributed by atoms with van der Waals surface area (Å²) in [5.74, 6) is -0.269. The summed E-state index contributed by atoms with van der Waals surface area (Å²) in [7, 11) is 0. The van der Waals surface area contributed by atoms with Crippen molar-refractivity contribution in [1.82, 2.24) is 15.1 Å². The van der Waals surface area contributed by atoms with E-state index < -0.39 is 4.92 Å². The number of hydrogen-bond acceptors (Lipinski definition) is 4. The first kappa shape index (κ1) is 10.4. The molecule has 1 N–H and O–H groups in total. The van der Waals surface area contributed by atoms with Gasteiger partial charge in [0.25, 0.3) is 0 Å². The molecule has 0 spiro atoms. The second-order valence-electron chi connectivity index (χ2n) is 3.57. The topological polar surface area (TPSA) is 73.0 Å². The normalized spacial score (nSPS) is 20.7. The minimum atomic E-state index is -0.569. The van der Waals surface area contributed by atoms with Crippen LogP contribution >= 0.6 is 11.6 Å². The van der Waals surface area contributed by atoms with Gasteiger partial charge >= 0.3 is 5.82 Å². The summed E-state index contributed by atoms with van der Waals surface area (Å²) in [4.78, 5) is 9.93. The zero-order chi connectivity index (χ0) is 10.8. The molecule has 6 nitrogen and oxygen atoms in total. The van der Waals surface area contributed by atoms with E-state index in [2.05, 4.69) is 10.4 Å². The highest BCUT2D eigenvalue weighted by Crippen LogP contribution is 2.21. The van der Waals surface area contributed by atoms with Gasteiger partial charge in [-0.3, -0.25) is 0 Å². The summed E-state index contributed by atoms with van der Waals surface area (Å²) < 4.78 is 1.53. The number of nitro groups is 1. The van der Waals surface area contributed by atoms with Gasteiger partial charge in [-0.1, -0.05) is 11.6 Å². The SMILES string of the molecule is O=[N+]([O-])c1nn(C[C@@H]2CCCN2)cc1Cl. The van der Waals surface area contributed by atoms with Gasteiger partial charge in [0.15, 0.2) is 5.02 Å². The lowest BCUT2D eigenvalue weighted by atomic mass is 10.2. The summed E-state index contributed by atoms with van der Waals surface area (Å²) in [6.45, 7) is 1.63. The second kappa shape index (κ2) is 4.16. The van der Waals surface area contributed by atoms with Crippen molar-refractivity contribution >= 4 is 17.4 Å². The monoisotopic (exact) mass is 230 g/mol. The first-order chi connectivity index (χ1) is 7.16. The molecule has 82 valence electrons. The lowest BCUT2D eigenvalue weighted by Gasteiger charge is -2.06. The van der Waals surface area contributed by atoms with Crippen molar-refractivity contribution in [2.75, 3.05) is 6.54 Å². The average Bonchev–Trinajstić information content (AvgIpc) is 2.75. The molecule has 1 fully saturated rings. The zero-order valence-electron chi connectivity index (χ0n) is 8.02. The van der Waals surface area contributed by atoms with Crippen LogP contribution in [0.1, 0.15) is 12.8 Å². The highest BCUT2D eigenvalue weighted by molar-refractivity contribution is 6.32. The highest BCUT2D eigenvalue weighted by atomic mass is 35.5. The fourth-order valence-electron chi connectivity index (χ4n) is 1.74. The minimum absolute atomic E-state index is 0.0954. The Hall–Kier alpha value is -1.14. The van der Waals surface area contributed by atoms with Gasteiger partial charge in [0.2, 0.25) is 0 Å². The van der Waals surface area contributed by atoms with Gasteiger partial charge in [0.05, 0.1) is 17.8 Å². The molecule has 0 amide bonds. The van der Waals surface area contributed by atoms with Crippen molar-refractivity contribution in [3.63, 3.8) is 0 Å². The lowest BCUT2D eigenvalue weighted by Crippen LogP contribution is -2.26. The third-order valence-electron chi connectivity index (χ3n) is 2.44. The van der Waals surface area contributed by atoms with E-state index >= 15 is 0 Å². The van der Waals surface area contributed by atoms with Crippen LogP contribution < -0.4 is 5.32 Å². The molecule has 0 aliphatic carbocycles. The Labute approximate surface area is 91.4 Å². The predicted octanol–water partition coefficient (Wildman–Crippen LogP) is 1.20. The summed E-state index contributed by atoms with van der Waals surface area (Å²) in [5, 5.41) is 17.7. The fourth-order valence-corrected chi connectivity index (χ4v) is 1.96. The van der Waals surface area contributed by atoms with E-state index in [1.165, 1.54) is 10.9 Å². The Kier molecular flexibility index (Phi) is 2.88. The van der Waals surface area contributed by atoms with Crippen molar-refractivity contribution in [2.45, 2.75) is 25.4 Å². The average molecular weight is 231 g/mol. The first-order valence-corrected chi connectivity index (χ1v) is 5.15. The Bertz CT molecular complexity index is 373. The smallest absolute Gasteiger partial charge is 0.358 e. The number of halogens is 1. The van der Waals surface area contributed by atoms with Gasteiger partial charge in [0, 0.05) is 6.04 Å². The standard InChI is InChI=1S/C8H11ClN4O2/c9-7-5-12(11-8(7)13(14)15)4-6-2-1-3-10-6/h5-6,10H,1-4H2/t6-/m0/s1. The molecule has 2 rings (SSSR count). The molecule has 15 heavy (non-hydrogen) atoms. The van der Waals surface area contributed by atoms with Crippen LogP contribution in [-0.4, -0.2) is 27.3 Å². The van der Waals surface area contributed by atoms with E-state index in [-0.39, 0.29) is 10.8 Å². The van der Waals surface area contributed by atoms with Gasteiger partial charge in [-0.25, -0.2) is 0 Å². The molecule has 0 radical (unpaired) electrons. The fraction of sp³-hybridized carbons (Fsp3) is 0.625. The number of nitrogens with zero attached hydrogens (tertiary/aromatic N) is 3. The summed E-state index contributed by atoms with van der Waals surface area (Å²) in [6, 6.07) is 0.348. The summed E-state index contributed by atoms with van der Waals surface area (Å²) in [5.41, 5.74) is 0. The number of rotatable bonds is 3. The molecule has 1 aromatic heterocycles. The number of hydrogen-bond donors (Lipinski definition) is 1. The highest BCUT2D eigenvalue weighted by Gasteiger charge is 2.22. The maximum Gasteiger partial charge on any atom is 0.408 e. The van der Waals surface area contributed by atoms with Crippen LogP contribution in [0, 0.1) is 10.1 Å². The van der Waals surface area contributed by atoms with Gasteiger partial charge in [-0.05, 0) is 24.3 Å². The molecule has 0 saturated carbocycles. The molecule has 1 saturated heterocycles. The molecule has 1 atom stereocenters. The number of aromatic nitrogens is 2. The molecule has 0 bridgehead atoms. The third-order valence-corrected chi connectivity index (χ3v) is 2.71. The van der Waals surface area contributed by atoms with E-state index in [0.717, 1.165) is 19.4 Å². The zero-order valence-corrected chi connectivity index (χ0v) is 8.78. The summed E-state index contributed by atoms with van der Waals surface area (Å²) in [6.07, 6.45) is 3.72. The Balaban J connectivity index is 2.08. The van der Waals surface area contributed by atoms with Crippen molar-refractivity contribution in [3.8, 4) is 0 Å². The van der Waals surface area contributed by atoms with Crippen LogP contribution in [-0.2, 0) is 6.54 Å². The van der Waals surface area contributed by atoms with Gasteiger partial charge in [-0.2, -0.15) is 4.68 Å². The molecule has 0 aromatic carbocycles. The Morgan fingerprint density at radius 2 is 2.60 bits per heavy atom. The predicted molar refractivity (Wildman–Crippen MR) is 54.9 cm³/mol. The van der Waals surface area contributed by atoms with E-state index in [4.69, 9.17) is 11.6 Å². The molecular weight excluding hydrogens is 220 g/mol. The van der Waals surface area contributed by atoms with Crippen molar-refractivity contribution < 1.29 is 4.92 Å². The van der Waals surface area contributed by atoms with E-state index in [9.17, 15) is 10.1 Å². The molecule has 1 aliphatic heterocycles. The van der Waals surface area contributed by atoms with E-state index in [0.29, 0.717) is 12.6 Å². The maximum absolute atomic E-state index is 10.5. The Morgan fingerprint density at radius 3 is 3.13 bits per heavy atom. The van der Waals surface area contributed by atoms with Gasteiger partial charge in [-0.15, -0.1) is 0 Å². The van der Waals surface area contributed by atoms with Crippen molar-refractivity contribution in [3.05, 3.63) is 21.3 Å². The van der Waals surface area contributed by atoms with Crippen LogP contribution in [0.2, 0.25) is 5.02 Å².